The Morgan fingerprint density at radius 3 is 2.41 bits per heavy atom. The molecule has 0 aliphatic heterocycles. The molecule has 1 heterocycles. The largest absolute Gasteiger partial charge is 0.478 e. The molecule has 0 unspecified atom stereocenters. The van der Waals surface area contributed by atoms with Crippen molar-refractivity contribution < 1.29 is 9.90 Å². The van der Waals surface area contributed by atoms with Crippen molar-refractivity contribution in [2.45, 2.75) is 20.3 Å². The fraction of sp³-hybridized carbons (Fsp3) is 0.143. The van der Waals surface area contributed by atoms with Gasteiger partial charge in [-0.15, -0.1) is 0 Å². The van der Waals surface area contributed by atoms with Gasteiger partial charge in [-0.3, -0.25) is 0 Å². The highest BCUT2D eigenvalue weighted by Gasteiger charge is 2.11. The van der Waals surface area contributed by atoms with Crippen LogP contribution in [0, 0.1) is 25.2 Å². The summed E-state index contributed by atoms with van der Waals surface area (Å²) in [5, 5.41) is 21.3. The molecule has 134 valence electrons. The summed E-state index contributed by atoms with van der Waals surface area (Å²) in [6.45, 7) is 3.72. The number of rotatable bonds is 5. The fourth-order valence-electron chi connectivity index (χ4n) is 2.85. The molecule has 3 rings (SSSR count). The molecule has 6 nitrogen and oxygen atoms in total. The van der Waals surface area contributed by atoms with E-state index in [0.29, 0.717) is 23.6 Å². The van der Waals surface area contributed by atoms with Gasteiger partial charge in [0.2, 0.25) is 0 Å². The van der Waals surface area contributed by atoms with E-state index < -0.39 is 5.97 Å². The number of aryl methyl sites for hydroxylation is 2. The Balaban J connectivity index is 1.82. The minimum absolute atomic E-state index is 0.264. The molecular formula is C21H18N4O2. The first-order valence-corrected chi connectivity index (χ1v) is 8.39. The van der Waals surface area contributed by atoms with Gasteiger partial charge in [0, 0.05) is 18.3 Å². The number of nitrogens with zero attached hydrogens (tertiary/aromatic N) is 3. The second-order valence-electron chi connectivity index (χ2n) is 6.26. The summed E-state index contributed by atoms with van der Waals surface area (Å²) in [5.41, 5.74) is 4.40. The Kier molecular flexibility index (Phi) is 5.13. The minimum atomic E-state index is -0.945. The predicted octanol–water partition coefficient (Wildman–Crippen LogP) is 4.00. The molecule has 0 radical (unpaired) electrons. The highest BCUT2D eigenvalue weighted by atomic mass is 16.4. The quantitative estimate of drug-likeness (QED) is 0.715. The average Bonchev–Trinajstić information content (AvgIpc) is 2.65. The Hall–Kier alpha value is -3.72. The molecule has 0 bridgehead atoms. The van der Waals surface area contributed by atoms with Crippen molar-refractivity contribution in [3.8, 4) is 6.07 Å². The Bertz CT molecular complexity index is 1010. The number of nitrogens with one attached hydrogen (secondary N) is 1. The molecule has 6 heteroatoms. The van der Waals surface area contributed by atoms with Crippen LogP contribution in [0.5, 0.6) is 0 Å². The summed E-state index contributed by atoms with van der Waals surface area (Å²) in [7, 11) is 0. The summed E-state index contributed by atoms with van der Waals surface area (Å²) in [5.74, 6) is 0.351. The molecule has 0 spiro atoms. The summed E-state index contributed by atoms with van der Waals surface area (Å²) in [6.07, 6.45) is 2.24. The van der Waals surface area contributed by atoms with Gasteiger partial charge in [-0.1, -0.05) is 12.1 Å². The average molecular weight is 358 g/mol. The Labute approximate surface area is 157 Å². The molecule has 0 fully saturated rings. The molecule has 1 aromatic heterocycles. The first-order valence-electron chi connectivity index (χ1n) is 8.39. The number of aromatic nitrogens is 2. The van der Waals surface area contributed by atoms with Gasteiger partial charge in [0.1, 0.15) is 11.6 Å². The lowest BCUT2D eigenvalue weighted by Crippen LogP contribution is -2.05. The zero-order valence-corrected chi connectivity index (χ0v) is 15.0. The zero-order valence-electron chi connectivity index (χ0n) is 15.0. The van der Waals surface area contributed by atoms with Crippen molar-refractivity contribution in [2.24, 2.45) is 0 Å². The molecule has 0 aliphatic carbocycles. The SMILES string of the molecule is Cc1cc(C(=O)O)cc(C)c1Nc1ccnc(Cc2ccc(C#N)cc2)n1. The van der Waals surface area contributed by atoms with Crippen LogP contribution in [-0.4, -0.2) is 21.0 Å². The van der Waals surface area contributed by atoms with Gasteiger partial charge in [-0.2, -0.15) is 5.26 Å². The summed E-state index contributed by atoms with van der Waals surface area (Å²) < 4.78 is 0. The number of benzene rings is 2. The third kappa shape index (κ3) is 4.28. The first-order chi connectivity index (χ1) is 13.0. The number of carbonyl (C=O) groups is 1. The van der Waals surface area contributed by atoms with Crippen LogP contribution < -0.4 is 5.32 Å². The molecule has 0 atom stereocenters. The molecule has 0 amide bonds. The third-order valence-corrected chi connectivity index (χ3v) is 4.18. The van der Waals surface area contributed by atoms with E-state index in [-0.39, 0.29) is 5.56 Å². The van der Waals surface area contributed by atoms with Gasteiger partial charge in [0.15, 0.2) is 0 Å². The van der Waals surface area contributed by atoms with Crippen molar-refractivity contribution in [1.29, 1.82) is 5.26 Å². The third-order valence-electron chi connectivity index (χ3n) is 4.18. The van der Waals surface area contributed by atoms with E-state index in [1.54, 1.807) is 36.5 Å². The maximum Gasteiger partial charge on any atom is 0.335 e. The molecule has 2 aromatic carbocycles. The maximum absolute atomic E-state index is 11.2. The molecule has 0 saturated carbocycles. The van der Waals surface area contributed by atoms with E-state index in [9.17, 15) is 4.79 Å². The van der Waals surface area contributed by atoms with E-state index in [1.807, 2.05) is 26.0 Å². The molecule has 0 saturated heterocycles. The number of hydrogen-bond donors (Lipinski definition) is 2. The van der Waals surface area contributed by atoms with Gasteiger partial charge < -0.3 is 10.4 Å². The highest BCUT2D eigenvalue weighted by Crippen LogP contribution is 2.25. The lowest BCUT2D eigenvalue weighted by atomic mass is 10.0. The van der Waals surface area contributed by atoms with Crippen LogP contribution in [0.1, 0.15) is 38.4 Å². The molecule has 2 N–H and O–H groups in total. The van der Waals surface area contributed by atoms with Crippen LogP contribution in [0.25, 0.3) is 0 Å². The first kappa shape index (κ1) is 18.1. The zero-order chi connectivity index (χ0) is 19.4. The van der Waals surface area contributed by atoms with Crippen LogP contribution >= 0.6 is 0 Å². The van der Waals surface area contributed by atoms with Gasteiger partial charge in [-0.05, 0) is 60.9 Å². The topological polar surface area (TPSA) is 98.9 Å². The van der Waals surface area contributed by atoms with Gasteiger partial charge >= 0.3 is 5.97 Å². The summed E-state index contributed by atoms with van der Waals surface area (Å²) >= 11 is 0. The monoisotopic (exact) mass is 358 g/mol. The Morgan fingerprint density at radius 2 is 1.81 bits per heavy atom. The lowest BCUT2D eigenvalue weighted by Gasteiger charge is -2.13. The summed E-state index contributed by atoms with van der Waals surface area (Å²) in [6, 6.07) is 14.5. The second-order valence-corrected chi connectivity index (χ2v) is 6.26. The van der Waals surface area contributed by atoms with E-state index in [2.05, 4.69) is 21.4 Å². The number of carboxylic acid groups (broad SMARTS) is 1. The van der Waals surface area contributed by atoms with E-state index >= 15 is 0 Å². The maximum atomic E-state index is 11.2. The van der Waals surface area contributed by atoms with E-state index in [1.165, 1.54) is 0 Å². The van der Waals surface area contributed by atoms with Crippen molar-refractivity contribution in [3.05, 3.63) is 82.3 Å². The normalized spacial score (nSPS) is 10.3. The van der Waals surface area contributed by atoms with Crippen LogP contribution in [0.3, 0.4) is 0 Å². The number of carboxylic acids is 1. The smallest absolute Gasteiger partial charge is 0.335 e. The molecular weight excluding hydrogens is 340 g/mol. The van der Waals surface area contributed by atoms with Crippen molar-refractivity contribution >= 4 is 17.5 Å². The summed E-state index contributed by atoms with van der Waals surface area (Å²) in [4.78, 5) is 20.0. The van der Waals surface area contributed by atoms with Crippen LogP contribution in [0.15, 0.2) is 48.7 Å². The molecule has 0 aliphatic rings. The number of hydrogen-bond acceptors (Lipinski definition) is 5. The molecule has 3 aromatic rings. The van der Waals surface area contributed by atoms with Crippen molar-refractivity contribution in [3.63, 3.8) is 0 Å². The highest BCUT2D eigenvalue weighted by molar-refractivity contribution is 5.89. The van der Waals surface area contributed by atoms with E-state index in [4.69, 9.17) is 10.4 Å². The van der Waals surface area contributed by atoms with Crippen LogP contribution in [0.4, 0.5) is 11.5 Å². The van der Waals surface area contributed by atoms with Crippen molar-refractivity contribution in [1.82, 2.24) is 9.97 Å². The number of nitriles is 1. The standard InChI is InChI=1S/C21H18N4O2/c1-13-9-17(21(26)27)10-14(2)20(13)25-18-7-8-23-19(24-18)11-15-3-5-16(12-22)6-4-15/h3-10H,11H2,1-2H3,(H,26,27)(H,23,24,25). The second kappa shape index (κ2) is 7.67. The van der Waals surface area contributed by atoms with Gasteiger partial charge in [0.05, 0.1) is 17.2 Å². The van der Waals surface area contributed by atoms with Crippen molar-refractivity contribution in [2.75, 3.05) is 5.32 Å². The Morgan fingerprint density at radius 1 is 1.15 bits per heavy atom. The van der Waals surface area contributed by atoms with E-state index in [0.717, 1.165) is 22.4 Å². The van der Waals surface area contributed by atoms with Gasteiger partial charge in [0.25, 0.3) is 0 Å². The van der Waals surface area contributed by atoms with Crippen LogP contribution in [0.2, 0.25) is 0 Å². The number of aromatic carboxylic acids is 1. The number of anilines is 2. The predicted molar refractivity (Wildman–Crippen MR) is 102 cm³/mol. The molecule has 27 heavy (non-hydrogen) atoms. The fourth-order valence-corrected chi connectivity index (χ4v) is 2.85. The van der Waals surface area contributed by atoms with Gasteiger partial charge in [-0.25, -0.2) is 14.8 Å². The lowest BCUT2D eigenvalue weighted by molar-refractivity contribution is 0.0696. The van der Waals surface area contributed by atoms with Crippen LogP contribution in [-0.2, 0) is 6.42 Å². The minimum Gasteiger partial charge on any atom is -0.478 e.